The van der Waals surface area contributed by atoms with Crippen LogP contribution in [0.2, 0.25) is 0 Å². The van der Waals surface area contributed by atoms with Gasteiger partial charge in [-0.1, -0.05) is 34.6 Å². The monoisotopic (exact) mass is 298 g/mol. The molecule has 0 saturated carbocycles. The van der Waals surface area contributed by atoms with Crippen molar-refractivity contribution in [3.8, 4) is 0 Å². The molecule has 1 saturated heterocycles. The molecule has 0 aromatic carbocycles. The van der Waals surface area contributed by atoms with Gasteiger partial charge < -0.3 is 15.3 Å². The zero-order valence-corrected chi connectivity index (χ0v) is 14.0. The number of piperidine rings is 1. The van der Waals surface area contributed by atoms with Gasteiger partial charge >= 0.3 is 12.0 Å². The van der Waals surface area contributed by atoms with Crippen molar-refractivity contribution in [3.63, 3.8) is 0 Å². The highest BCUT2D eigenvalue weighted by molar-refractivity contribution is 5.76. The standard InChI is InChI=1S/C16H30N2O3/c1-11(2)7-16(4,5)10-17-15(21)18-8-12(3)6-13(9-18)14(19)20/h11-13H,6-10H2,1-5H3,(H,17,21)(H,19,20). The third kappa shape index (κ3) is 5.94. The molecule has 0 aromatic rings. The first-order valence-electron chi connectivity index (χ1n) is 7.86. The average molecular weight is 298 g/mol. The molecule has 1 fully saturated rings. The van der Waals surface area contributed by atoms with Crippen LogP contribution in [0.15, 0.2) is 0 Å². The van der Waals surface area contributed by atoms with E-state index in [0.29, 0.717) is 32.0 Å². The maximum absolute atomic E-state index is 12.3. The van der Waals surface area contributed by atoms with Gasteiger partial charge in [0.25, 0.3) is 0 Å². The number of hydrogen-bond donors (Lipinski definition) is 2. The number of nitrogens with zero attached hydrogens (tertiary/aromatic N) is 1. The van der Waals surface area contributed by atoms with Crippen molar-refractivity contribution in [2.45, 2.75) is 47.5 Å². The molecule has 21 heavy (non-hydrogen) atoms. The van der Waals surface area contributed by atoms with E-state index >= 15 is 0 Å². The highest BCUT2D eigenvalue weighted by Gasteiger charge is 2.32. The predicted molar refractivity (Wildman–Crippen MR) is 83.1 cm³/mol. The number of aliphatic carboxylic acids is 1. The summed E-state index contributed by atoms with van der Waals surface area (Å²) in [7, 11) is 0. The van der Waals surface area contributed by atoms with Crippen LogP contribution in [-0.4, -0.2) is 41.6 Å². The molecule has 5 nitrogen and oxygen atoms in total. The quantitative estimate of drug-likeness (QED) is 0.820. The number of amides is 2. The summed E-state index contributed by atoms with van der Waals surface area (Å²) in [4.78, 5) is 25.1. The van der Waals surface area contributed by atoms with Crippen molar-refractivity contribution < 1.29 is 14.7 Å². The molecule has 1 aliphatic rings. The molecule has 1 heterocycles. The molecule has 0 bridgehead atoms. The lowest BCUT2D eigenvalue weighted by Gasteiger charge is -2.35. The van der Waals surface area contributed by atoms with Gasteiger partial charge in [-0.25, -0.2) is 4.79 Å². The van der Waals surface area contributed by atoms with Crippen LogP contribution in [0.4, 0.5) is 4.79 Å². The Bertz CT molecular complexity index is 380. The van der Waals surface area contributed by atoms with E-state index in [1.165, 1.54) is 0 Å². The molecule has 2 N–H and O–H groups in total. The minimum Gasteiger partial charge on any atom is -0.481 e. The predicted octanol–water partition coefficient (Wildman–Crippen LogP) is 2.81. The fraction of sp³-hybridized carbons (Fsp3) is 0.875. The summed E-state index contributed by atoms with van der Waals surface area (Å²) < 4.78 is 0. The minimum atomic E-state index is -0.806. The number of urea groups is 1. The van der Waals surface area contributed by atoms with Gasteiger partial charge in [0, 0.05) is 19.6 Å². The van der Waals surface area contributed by atoms with Gasteiger partial charge in [-0.3, -0.25) is 4.79 Å². The molecule has 0 aromatic heterocycles. The van der Waals surface area contributed by atoms with Gasteiger partial charge in [-0.15, -0.1) is 0 Å². The fourth-order valence-electron chi connectivity index (χ4n) is 3.30. The van der Waals surface area contributed by atoms with Crippen LogP contribution in [0.1, 0.15) is 47.5 Å². The van der Waals surface area contributed by atoms with E-state index in [-0.39, 0.29) is 17.4 Å². The number of carboxylic acid groups (broad SMARTS) is 1. The first-order chi connectivity index (χ1) is 9.60. The number of carbonyl (C=O) groups is 2. The van der Waals surface area contributed by atoms with Gasteiger partial charge in [0.05, 0.1) is 5.92 Å². The van der Waals surface area contributed by atoms with Crippen molar-refractivity contribution >= 4 is 12.0 Å². The maximum atomic E-state index is 12.3. The second-order valence-corrected chi connectivity index (χ2v) is 7.70. The van der Waals surface area contributed by atoms with Gasteiger partial charge in [-0.05, 0) is 30.1 Å². The molecule has 1 rings (SSSR count). The Labute approximate surface area is 128 Å². The van der Waals surface area contributed by atoms with E-state index in [2.05, 4.69) is 33.0 Å². The van der Waals surface area contributed by atoms with E-state index in [0.717, 1.165) is 6.42 Å². The van der Waals surface area contributed by atoms with Crippen molar-refractivity contribution in [2.24, 2.45) is 23.2 Å². The number of nitrogens with one attached hydrogen (secondary N) is 1. The van der Waals surface area contributed by atoms with E-state index < -0.39 is 11.9 Å². The second-order valence-electron chi connectivity index (χ2n) is 7.70. The summed E-state index contributed by atoms with van der Waals surface area (Å²) in [5.41, 5.74) is 0.0530. The molecule has 0 spiro atoms. The Kier molecular flexibility index (Phi) is 6.05. The van der Waals surface area contributed by atoms with Crippen LogP contribution in [0, 0.1) is 23.2 Å². The zero-order valence-electron chi connectivity index (χ0n) is 14.0. The molecule has 2 unspecified atom stereocenters. The lowest BCUT2D eigenvalue weighted by atomic mass is 9.84. The molecule has 1 aliphatic heterocycles. The molecule has 2 amide bonds. The molecule has 0 aliphatic carbocycles. The lowest BCUT2D eigenvalue weighted by molar-refractivity contribution is -0.143. The number of likely N-dealkylation sites (tertiary alicyclic amines) is 1. The van der Waals surface area contributed by atoms with E-state index in [9.17, 15) is 9.59 Å². The largest absolute Gasteiger partial charge is 0.481 e. The number of carbonyl (C=O) groups excluding carboxylic acids is 1. The van der Waals surface area contributed by atoms with Crippen LogP contribution in [0.5, 0.6) is 0 Å². The summed E-state index contributed by atoms with van der Waals surface area (Å²) >= 11 is 0. The van der Waals surface area contributed by atoms with E-state index in [1.54, 1.807) is 4.90 Å². The van der Waals surface area contributed by atoms with E-state index in [1.807, 2.05) is 6.92 Å². The van der Waals surface area contributed by atoms with Crippen LogP contribution >= 0.6 is 0 Å². The normalized spacial score (nSPS) is 23.2. The Morgan fingerprint density at radius 1 is 1.33 bits per heavy atom. The highest BCUT2D eigenvalue weighted by atomic mass is 16.4. The van der Waals surface area contributed by atoms with Crippen molar-refractivity contribution in [1.29, 1.82) is 0 Å². The molecule has 122 valence electrons. The first-order valence-corrected chi connectivity index (χ1v) is 7.86. The van der Waals surface area contributed by atoms with Gasteiger partial charge in [0.15, 0.2) is 0 Å². The zero-order chi connectivity index (χ0) is 16.2. The Hall–Kier alpha value is -1.26. The van der Waals surface area contributed by atoms with Gasteiger partial charge in [0.1, 0.15) is 0 Å². The Morgan fingerprint density at radius 3 is 2.48 bits per heavy atom. The summed E-state index contributed by atoms with van der Waals surface area (Å²) in [6, 6.07) is -0.135. The molecule has 5 heteroatoms. The SMILES string of the molecule is CC(C)CC(C)(C)CNC(=O)N1CC(C)CC(C(=O)O)C1. The van der Waals surface area contributed by atoms with Crippen LogP contribution < -0.4 is 5.32 Å². The molecular weight excluding hydrogens is 268 g/mol. The summed E-state index contributed by atoms with van der Waals surface area (Å²) in [5.74, 6) is -0.430. The highest BCUT2D eigenvalue weighted by Crippen LogP contribution is 2.25. The third-order valence-electron chi connectivity index (χ3n) is 3.98. The van der Waals surface area contributed by atoms with Crippen molar-refractivity contribution in [1.82, 2.24) is 10.2 Å². The van der Waals surface area contributed by atoms with Crippen LogP contribution in [0.25, 0.3) is 0 Å². The van der Waals surface area contributed by atoms with Crippen LogP contribution in [0.3, 0.4) is 0 Å². The fourth-order valence-corrected chi connectivity index (χ4v) is 3.30. The molecular formula is C16H30N2O3. The van der Waals surface area contributed by atoms with Gasteiger partial charge in [0.2, 0.25) is 0 Å². The van der Waals surface area contributed by atoms with Gasteiger partial charge in [-0.2, -0.15) is 0 Å². The number of hydrogen-bond acceptors (Lipinski definition) is 2. The topological polar surface area (TPSA) is 69.6 Å². The first kappa shape index (κ1) is 17.8. The molecule has 0 radical (unpaired) electrons. The molecule has 2 atom stereocenters. The van der Waals surface area contributed by atoms with Crippen molar-refractivity contribution in [2.75, 3.05) is 19.6 Å². The maximum Gasteiger partial charge on any atom is 0.317 e. The Balaban J connectivity index is 2.53. The summed E-state index contributed by atoms with van der Waals surface area (Å²) in [6.45, 7) is 12.2. The summed E-state index contributed by atoms with van der Waals surface area (Å²) in [6.07, 6.45) is 1.69. The Morgan fingerprint density at radius 2 is 1.95 bits per heavy atom. The second kappa shape index (κ2) is 7.14. The average Bonchev–Trinajstić information content (AvgIpc) is 2.33. The third-order valence-corrected chi connectivity index (χ3v) is 3.98. The van der Waals surface area contributed by atoms with Crippen LogP contribution in [-0.2, 0) is 4.79 Å². The smallest absolute Gasteiger partial charge is 0.317 e. The van der Waals surface area contributed by atoms with Crippen molar-refractivity contribution in [3.05, 3.63) is 0 Å². The summed E-state index contributed by atoms with van der Waals surface area (Å²) in [5, 5.41) is 12.1. The lowest BCUT2D eigenvalue weighted by Crippen LogP contribution is -2.50. The number of rotatable bonds is 5. The minimum absolute atomic E-state index is 0.0530. The van der Waals surface area contributed by atoms with E-state index in [4.69, 9.17) is 5.11 Å². The number of carboxylic acids is 1.